The smallest absolute Gasteiger partial charge is 0.0934 e. The number of hydrogen-bond acceptors (Lipinski definition) is 3. The fraction of sp³-hybridized carbons (Fsp3) is 0.714. The van der Waals surface area contributed by atoms with Crippen LogP contribution >= 0.6 is 22.9 Å². The third kappa shape index (κ3) is 2.74. The van der Waals surface area contributed by atoms with Crippen molar-refractivity contribution >= 4 is 22.9 Å². The Morgan fingerprint density at radius 1 is 1.22 bits per heavy atom. The van der Waals surface area contributed by atoms with Gasteiger partial charge in [0.15, 0.2) is 0 Å². The van der Waals surface area contributed by atoms with Crippen molar-refractivity contribution in [1.29, 1.82) is 0 Å². The van der Waals surface area contributed by atoms with Gasteiger partial charge in [-0.1, -0.05) is 11.6 Å². The minimum absolute atomic E-state index is 0.0689. The zero-order valence-corrected chi connectivity index (χ0v) is 12.1. The number of halogens is 1. The Balaban J connectivity index is 1.67. The van der Waals surface area contributed by atoms with E-state index in [9.17, 15) is 5.11 Å². The minimum atomic E-state index is -0.0689. The van der Waals surface area contributed by atoms with Gasteiger partial charge in [0.25, 0.3) is 0 Å². The molecule has 0 bridgehead atoms. The Labute approximate surface area is 117 Å². The third-order valence-electron chi connectivity index (χ3n) is 4.22. The molecule has 0 radical (unpaired) electrons. The molecule has 0 saturated heterocycles. The summed E-state index contributed by atoms with van der Waals surface area (Å²) in [7, 11) is 0. The summed E-state index contributed by atoms with van der Waals surface area (Å²) >= 11 is 7.88. The van der Waals surface area contributed by atoms with E-state index >= 15 is 0 Å². The molecule has 1 aromatic rings. The Bertz CT molecular complexity index is 412. The molecule has 4 heteroatoms. The molecule has 1 fully saturated rings. The number of fused-ring (bicyclic) bond motifs is 1. The Hall–Kier alpha value is -0.0900. The van der Waals surface area contributed by atoms with Crippen LogP contribution in [0.15, 0.2) is 6.07 Å². The van der Waals surface area contributed by atoms with Crippen LogP contribution in [-0.4, -0.2) is 17.3 Å². The summed E-state index contributed by atoms with van der Waals surface area (Å²) in [5.41, 5.74) is 1.43. The molecule has 2 aliphatic rings. The lowest BCUT2D eigenvalue weighted by atomic mass is 9.89. The second kappa shape index (κ2) is 5.49. The van der Waals surface area contributed by atoms with Gasteiger partial charge in [0, 0.05) is 17.0 Å². The predicted molar refractivity (Wildman–Crippen MR) is 76.4 cm³/mol. The highest BCUT2D eigenvalue weighted by molar-refractivity contribution is 7.16. The van der Waals surface area contributed by atoms with E-state index in [1.54, 1.807) is 11.3 Å². The molecule has 3 rings (SSSR count). The number of aryl methyl sites for hydroxylation is 1. The van der Waals surface area contributed by atoms with Gasteiger partial charge in [-0.15, -0.1) is 11.3 Å². The van der Waals surface area contributed by atoms with Gasteiger partial charge < -0.3 is 10.4 Å². The molecule has 2 aliphatic carbocycles. The predicted octanol–water partition coefficient (Wildman–Crippen LogP) is 3.67. The molecule has 0 spiro atoms. The topological polar surface area (TPSA) is 32.3 Å². The maximum absolute atomic E-state index is 9.55. The molecule has 1 atom stereocenters. The zero-order valence-electron chi connectivity index (χ0n) is 10.5. The van der Waals surface area contributed by atoms with E-state index in [0.717, 1.165) is 30.0 Å². The number of hydrogen-bond donors (Lipinski definition) is 2. The second-order valence-electron chi connectivity index (χ2n) is 5.55. The number of aliphatic hydroxyl groups excluding tert-OH is 1. The molecule has 2 N–H and O–H groups in total. The van der Waals surface area contributed by atoms with Crippen LogP contribution in [0, 0.1) is 0 Å². The standard InChI is InChI=1S/C14H20ClNOS/c15-14-8-11-12(2-1-3-13(11)18-14)16-9-4-6-10(17)7-5-9/h8-10,12,16-17H,1-7H2. The summed E-state index contributed by atoms with van der Waals surface area (Å²) in [6.45, 7) is 0. The van der Waals surface area contributed by atoms with Gasteiger partial charge in [0.2, 0.25) is 0 Å². The summed E-state index contributed by atoms with van der Waals surface area (Å²) in [6.07, 6.45) is 7.70. The molecule has 0 aliphatic heterocycles. The van der Waals surface area contributed by atoms with Crippen molar-refractivity contribution < 1.29 is 5.11 Å². The van der Waals surface area contributed by atoms with E-state index < -0.39 is 0 Å². The Morgan fingerprint density at radius 2 is 2.00 bits per heavy atom. The summed E-state index contributed by atoms with van der Waals surface area (Å²) in [6, 6.07) is 3.21. The number of thiophene rings is 1. The second-order valence-corrected chi connectivity index (χ2v) is 7.31. The molecule has 0 amide bonds. The van der Waals surface area contributed by atoms with Crippen LogP contribution in [0.3, 0.4) is 0 Å². The molecule has 1 heterocycles. The number of nitrogens with one attached hydrogen (secondary N) is 1. The van der Waals surface area contributed by atoms with Crippen molar-refractivity contribution in [2.75, 3.05) is 0 Å². The molecule has 18 heavy (non-hydrogen) atoms. The van der Waals surface area contributed by atoms with Crippen molar-refractivity contribution in [2.45, 2.75) is 63.1 Å². The van der Waals surface area contributed by atoms with Crippen LogP contribution in [0.25, 0.3) is 0 Å². The SMILES string of the molecule is OC1CCC(NC2CCCc3sc(Cl)cc32)CC1. The van der Waals surface area contributed by atoms with Gasteiger partial charge >= 0.3 is 0 Å². The van der Waals surface area contributed by atoms with Gasteiger partial charge in [-0.05, 0) is 56.6 Å². The molecule has 1 unspecified atom stereocenters. The van der Waals surface area contributed by atoms with E-state index in [2.05, 4.69) is 11.4 Å². The highest BCUT2D eigenvalue weighted by atomic mass is 35.5. The summed E-state index contributed by atoms with van der Waals surface area (Å²) in [4.78, 5) is 1.47. The van der Waals surface area contributed by atoms with Gasteiger partial charge in [0.1, 0.15) is 0 Å². The van der Waals surface area contributed by atoms with Crippen LogP contribution in [0.1, 0.15) is 55.0 Å². The molecular formula is C14H20ClNOS. The lowest BCUT2D eigenvalue weighted by Crippen LogP contribution is -2.38. The molecule has 0 aromatic carbocycles. The minimum Gasteiger partial charge on any atom is -0.393 e. The van der Waals surface area contributed by atoms with E-state index in [0.29, 0.717) is 12.1 Å². The van der Waals surface area contributed by atoms with Crippen molar-refractivity contribution in [2.24, 2.45) is 0 Å². The first-order valence-electron chi connectivity index (χ1n) is 6.94. The molecule has 1 aromatic heterocycles. The largest absolute Gasteiger partial charge is 0.393 e. The maximum atomic E-state index is 9.55. The van der Waals surface area contributed by atoms with Crippen molar-refractivity contribution in [3.8, 4) is 0 Å². The molecule has 100 valence electrons. The van der Waals surface area contributed by atoms with Crippen LogP contribution in [0.5, 0.6) is 0 Å². The van der Waals surface area contributed by atoms with Crippen LogP contribution in [-0.2, 0) is 6.42 Å². The number of rotatable bonds is 2. The average Bonchev–Trinajstić information content (AvgIpc) is 2.73. The first-order chi connectivity index (χ1) is 8.72. The van der Waals surface area contributed by atoms with Gasteiger partial charge in [-0.2, -0.15) is 0 Å². The van der Waals surface area contributed by atoms with Crippen molar-refractivity contribution in [3.05, 3.63) is 20.8 Å². The van der Waals surface area contributed by atoms with Crippen LogP contribution in [0.2, 0.25) is 4.34 Å². The van der Waals surface area contributed by atoms with Gasteiger partial charge in [0.05, 0.1) is 10.4 Å². The molecular weight excluding hydrogens is 266 g/mol. The average molecular weight is 286 g/mol. The maximum Gasteiger partial charge on any atom is 0.0934 e. The van der Waals surface area contributed by atoms with Crippen LogP contribution < -0.4 is 5.32 Å². The molecule has 1 saturated carbocycles. The van der Waals surface area contributed by atoms with E-state index in [4.69, 9.17) is 11.6 Å². The first kappa shape index (κ1) is 12.9. The fourth-order valence-electron chi connectivity index (χ4n) is 3.22. The first-order valence-corrected chi connectivity index (χ1v) is 8.14. The zero-order chi connectivity index (χ0) is 12.5. The summed E-state index contributed by atoms with van der Waals surface area (Å²) in [5, 5.41) is 13.3. The lowest BCUT2D eigenvalue weighted by molar-refractivity contribution is 0.113. The van der Waals surface area contributed by atoms with Gasteiger partial charge in [-0.25, -0.2) is 0 Å². The molecule has 2 nitrogen and oxygen atoms in total. The quantitative estimate of drug-likeness (QED) is 0.869. The Kier molecular flexibility index (Phi) is 3.94. The number of aliphatic hydroxyl groups is 1. The highest BCUT2D eigenvalue weighted by Crippen LogP contribution is 2.38. The lowest BCUT2D eigenvalue weighted by Gasteiger charge is -2.32. The van der Waals surface area contributed by atoms with E-state index in [1.807, 2.05) is 0 Å². The van der Waals surface area contributed by atoms with Crippen LogP contribution in [0.4, 0.5) is 0 Å². The van der Waals surface area contributed by atoms with Crippen molar-refractivity contribution in [3.63, 3.8) is 0 Å². The summed E-state index contributed by atoms with van der Waals surface area (Å²) < 4.78 is 0.924. The van der Waals surface area contributed by atoms with Crippen molar-refractivity contribution in [1.82, 2.24) is 5.32 Å². The third-order valence-corrected chi connectivity index (χ3v) is 5.56. The monoisotopic (exact) mass is 285 g/mol. The normalized spacial score (nSPS) is 32.2. The van der Waals surface area contributed by atoms with E-state index in [1.165, 1.54) is 29.7 Å². The highest BCUT2D eigenvalue weighted by Gasteiger charge is 2.26. The summed E-state index contributed by atoms with van der Waals surface area (Å²) in [5.74, 6) is 0. The van der Waals surface area contributed by atoms with E-state index in [-0.39, 0.29) is 6.10 Å². The Morgan fingerprint density at radius 3 is 2.78 bits per heavy atom. The van der Waals surface area contributed by atoms with Gasteiger partial charge in [-0.3, -0.25) is 0 Å². The fourth-order valence-corrected chi connectivity index (χ4v) is 4.61.